The van der Waals surface area contributed by atoms with Gasteiger partial charge in [-0.25, -0.2) is 63.2 Å². The number of amides is 10. The number of benzene rings is 6. The molecule has 2 aromatic heterocycles. The number of phenolic OH excluding ortho intramolecular Hbond substituents is 1. The maximum atomic E-state index is 14.3. The maximum Gasteiger partial charge on any atom is 0.423 e. The monoisotopic (exact) mass is 1220 g/mol. The Morgan fingerprint density at radius 3 is 1.30 bits per heavy atom. The van der Waals surface area contributed by atoms with E-state index in [-0.39, 0.29) is 83.7 Å². The molecule has 24 nitrogen and oxygen atoms in total. The van der Waals surface area contributed by atoms with E-state index in [9.17, 15) is 69.1 Å². The lowest BCUT2D eigenvalue weighted by Crippen LogP contribution is -2.40. The second-order valence-corrected chi connectivity index (χ2v) is 23.7. The number of ether oxygens (including phenoxy) is 3. The summed E-state index contributed by atoms with van der Waals surface area (Å²) in [7, 11) is -7.91. The van der Waals surface area contributed by atoms with Crippen molar-refractivity contribution in [1.29, 1.82) is 0 Å². The number of carbonyl (C=O) groups is 8. The van der Waals surface area contributed by atoms with Crippen LogP contribution in [0.3, 0.4) is 0 Å². The molecular weight excluding hydrogens is 1180 g/mol. The van der Waals surface area contributed by atoms with Crippen molar-refractivity contribution in [2.75, 3.05) is 38.7 Å². The van der Waals surface area contributed by atoms with E-state index in [4.69, 9.17) is 14.2 Å². The molecule has 2 fully saturated rings. The minimum absolute atomic E-state index is 0.00324. The summed E-state index contributed by atoms with van der Waals surface area (Å²) < 4.78 is 93.7. The summed E-state index contributed by atoms with van der Waals surface area (Å²) in [4.78, 5) is 118. The first-order valence-electron chi connectivity index (χ1n) is 26.1. The van der Waals surface area contributed by atoms with Crippen LogP contribution in [0.5, 0.6) is 23.0 Å². The molecule has 0 aliphatic carbocycles. The number of urea groups is 2. The number of halogens is 2. The van der Waals surface area contributed by atoms with Crippen LogP contribution in [0, 0.1) is 11.6 Å². The van der Waals surface area contributed by atoms with Crippen LogP contribution in [-0.4, -0.2) is 147 Å². The Labute approximate surface area is 492 Å². The minimum atomic E-state index is -3.98. The van der Waals surface area contributed by atoms with Crippen molar-refractivity contribution in [3.8, 4) is 23.0 Å². The zero-order chi connectivity index (χ0) is 61.8. The van der Waals surface area contributed by atoms with E-state index < -0.39 is 108 Å². The molecule has 0 atom stereocenters. The third-order valence-corrected chi connectivity index (χ3v) is 16.6. The van der Waals surface area contributed by atoms with Gasteiger partial charge in [-0.2, -0.15) is 0 Å². The molecule has 2 saturated heterocycles. The minimum Gasteiger partial charge on any atom is -0.505 e. The summed E-state index contributed by atoms with van der Waals surface area (Å²) in [6.07, 6.45) is 1.08. The van der Waals surface area contributed by atoms with Crippen molar-refractivity contribution in [3.05, 3.63) is 202 Å². The van der Waals surface area contributed by atoms with E-state index in [1.807, 2.05) is 60.7 Å². The zero-order valence-corrected chi connectivity index (χ0v) is 47.0. The average Bonchev–Trinajstić information content (AvgIpc) is 1.91. The summed E-state index contributed by atoms with van der Waals surface area (Å²) in [5.74, 6) is -5.87. The van der Waals surface area contributed by atoms with E-state index in [0.717, 1.165) is 45.6 Å². The van der Waals surface area contributed by atoms with Crippen LogP contribution in [0.15, 0.2) is 146 Å². The largest absolute Gasteiger partial charge is 0.505 e. The highest BCUT2D eigenvalue weighted by Gasteiger charge is 2.48. The molecule has 0 bridgehead atoms. The number of sulfonamides is 2. The third kappa shape index (κ3) is 10.8. The highest BCUT2D eigenvalue weighted by Crippen LogP contribution is 2.48. The Kier molecular flexibility index (Phi) is 15.1. The molecule has 0 spiro atoms. The molecule has 10 amide bonds. The van der Waals surface area contributed by atoms with E-state index in [0.29, 0.717) is 29.5 Å². The van der Waals surface area contributed by atoms with Crippen LogP contribution < -0.4 is 14.2 Å². The lowest BCUT2D eigenvalue weighted by atomic mass is 9.99. The Balaban J connectivity index is 0.000000189. The van der Waals surface area contributed by atoms with Crippen LogP contribution in [0.25, 0.3) is 21.8 Å². The molecule has 4 aliphatic rings. The summed E-state index contributed by atoms with van der Waals surface area (Å²) in [6, 6.07) is 32.4. The topological polar surface area (TPSA) is 298 Å². The van der Waals surface area contributed by atoms with Gasteiger partial charge in [-0.05, 0) is 70.8 Å². The molecule has 0 radical (unpaired) electrons. The number of pyridine rings is 2. The number of aromatic hydroxyl groups is 1. The highest BCUT2D eigenvalue weighted by atomic mass is 32.2. The number of hydrogen-bond donors (Lipinski definition) is 1. The molecule has 4 aliphatic heterocycles. The number of phenols is 1. The van der Waals surface area contributed by atoms with E-state index in [1.165, 1.54) is 73.1 Å². The fourth-order valence-electron chi connectivity index (χ4n) is 10.2. The van der Waals surface area contributed by atoms with Crippen molar-refractivity contribution in [2.45, 2.75) is 19.2 Å². The molecule has 8 aromatic rings. The van der Waals surface area contributed by atoms with Gasteiger partial charge in [-0.3, -0.25) is 38.9 Å². The molecule has 87 heavy (non-hydrogen) atoms. The summed E-state index contributed by atoms with van der Waals surface area (Å²) in [5, 5.41) is 10.9. The van der Waals surface area contributed by atoms with Crippen molar-refractivity contribution in [2.24, 2.45) is 0 Å². The number of carbonyl (C=O) groups excluding carboxylic acids is 8. The zero-order valence-electron chi connectivity index (χ0n) is 45.4. The first-order chi connectivity index (χ1) is 41.5. The van der Waals surface area contributed by atoms with Crippen LogP contribution in [0.2, 0.25) is 0 Å². The fourth-order valence-corrected chi connectivity index (χ4v) is 11.8. The lowest BCUT2D eigenvalue weighted by Gasteiger charge is -2.23. The molecule has 0 saturated carbocycles. The molecule has 28 heteroatoms. The van der Waals surface area contributed by atoms with Gasteiger partial charge in [0.25, 0.3) is 23.6 Å². The number of nitrogens with zero attached hydrogens (tertiary/aromatic N) is 8. The van der Waals surface area contributed by atoms with Gasteiger partial charge in [-0.15, -0.1) is 0 Å². The number of aromatic nitrogens is 2. The predicted molar refractivity (Wildman–Crippen MR) is 301 cm³/mol. The molecule has 12 rings (SSSR count). The van der Waals surface area contributed by atoms with Crippen LogP contribution in [-0.2, 0) is 33.1 Å². The SMILES string of the molecule is CS(=O)(=O)N1CCN(C(=O)Oc2c3c(c(O)c4ncccc24)C(=O)N(Cc2ccc(F)cc2)C3=O)C1=O.CS(=O)(=O)N1CCN(C(=O)Oc2c3c(c(OC(c4ccccc4)c4ccccc4)c4ncccc24)C(=O)N(Cc2ccc(F)cc2)C3=O)C1=O. The van der Waals surface area contributed by atoms with Gasteiger partial charge in [0, 0.05) is 23.2 Å². The van der Waals surface area contributed by atoms with Crippen LogP contribution in [0.1, 0.15) is 69.8 Å². The van der Waals surface area contributed by atoms with Crippen LogP contribution in [0.4, 0.5) is 28.0 Å². The average molecular weight is 1220 g/mol. The van der Waals surface area contributed by atoms with Gasteiger partial charge in [0.2, 0.25) is 20.0 Å². The third-order valence-electron chi connectivity index (χ3n) is 14.3. The fraction of sp³-hybridized carbons (Fsp3) is 0.153. The van der Waals surface area contributed by atoms with E-state index in [1.54, 1.807) is 0 Å². The van der Waals surface area contributed by atoms with Gasteiger partial charge < -0.3 is 19.3 Å². The summed E-state index contributed by atoms with van der Waals surface area (Å²) >= 11 is 0. The lowest BCUT2D eigenvalue weighted by molar-refractivity contribution is 0.0624. The predicted octanol–water partition coefficient (Wildman–Crippen LogP) is 7.61. The van der Waals surface area contributed by atoms with Gasteiger partial charge in [0.05, 0.1) is 51.8 Å². The molecule has 442 valence electrons. The van der Waals surface area contributed by atoms with E-state index >= 15 is 0 Å². The number of imide groups is 4. The Hall–Kier alpha value is -10.7. The van der Waals surface area contributed by atoms with Gasteiger partial charge in [0.15, 0.2) is 23.0 Å². The molecule has 6 heterocycles. The highest BCUT2D eigenvalue weighted by molar-refractivity contribution is 7.89. The van der Waals surface area contributed by atoms with Crippen LogP contribution >= 0.6 is 0 Å². The quantitative estimate of drug-likeness (QED) is 0.115. The van der Waals surface area contributed by atoms with Crippen molar-refractivity contribution in [1.82, 2.24) is 38.2 Å². The summed E-state index contributed by atoms with van der Waals surface area (Å²) in [6.45, 7) is -1.70. The number of hydrogen-bond acceptors (Lipinski definition) is 18. The second-order valence-electron chi connectivity index (χ2n) is 19.9. The van der Waals surface area contributed by atoms with Crippen molar-refractivity contribution < 1.29 is 83.3 Å². The van der Waals surface area contributed by atoms with Crippen molar-refractivity contribution in [3.63, 3.8) is 0 Å². The standard InChI is InChI=1S/C36H27FN4O8S.C23H17FN4O8S/c1-50(46,47)41-20-19-39(35(41)44)36(45)49-31-26-13-8-18-38-29(26)32(48-30(23-9-4-2-5-10-23)24-11-6-3-7-12-24)28-27(31)33(42)40(34(28)43)21-22-14-16-25(37)17-15-22;1-37(34,35)28-10-9-26(22(28)32)23(33)36-19-14-3-2-8-25-17(14)18(29)15-16(19)21(31)27(20(15)30)11-12-4-6-13(24)7-5-12/h2-18,30H,19-21H2,1H3;2-8,29H,9-11H2,1H3. The smallest absolute Gasteiger partial charge is 0.423 e. The molecule has 6 aromatic carbocycles. The Morgan fingerprint density at radius 2 is 0.885 bits per heavy atom. The summed E-state index contributed by atoms with van der Waals surface area (Å²) in [5.41, 5.74) is 0.850. The van der Waals surface area contributed by atoms with Crippen molar-refractivity contribution >= 4 is 89.7 Å². The van der Waals surface area contributed by atoms with E-state index in [2.05, 4.69) is 9.97 Å². The number of fused-ring (bicyclic) bond motifs is 4. The molecular formula is C59H44F2N8O16S2. The van der Waals surface area contributed by atoms with Gasteiger partial charge in [0.1, 0.15) is 51.0 Å². The Bertz CT molecular complexity index is 4430. The molecule has 0 unspecified atom stereocenters. The van der Waals surface area contributed by atoms with Gasteiger partial charge >= 0.3 is 24.2 Å². The Morgan fingerprint density at radius 1 is 0.506 bits per heavy atom. The van der Waals surface area contributed by atoms with Gasteiger partial charge in [-0.1, -0.05) is 84.9 Å². The second kappa shape index (κ2) is 22.7. The first kappa shape index (κ1) is 58.1. The maximum absolute atomic E-state index is 14.3. The first-order valence-corrected chi connectivity index (χ1v) is 29.8. The normalized spacial score (nSPS) is 15.0. The number of rotatable bonds is 12. The molecule has 1 N–H and O–H groups in total.